The summed E-state index contributed by atoms with van der Waals surface area (Å²) in [7, 11) is 0. The first kappa shape index (κ1) is 21.9. The summed E-state index contributed by atoms with van der Waals surface area (Å²) in [5.74, 6) is 0. The largest absolute Gasteiger partial charge is 0.443 e. The molecule has 6 heteroatoms. The van der Waals surface area contributed by atoms with Crippen LogP contribution < -0.4 is 11.1 Å². The second-order valence-electron chi connectivity index (χ2n) is 8.02. The summed E-state index contributed by atoms with van der Waals surface area (Å²) in [6.45, 7) is 6.76. The number of amides is 1. The summed E-state index contributed by atoms with van der Waals surface area (Å²) in [6, 6.07) is 15.1. The fourth-order valence-corrected chi connectivity index (χ4v) is 3.28. The van der Waals surface area contributed by atoms with E-state index >= 15 is 0 Å². The van der Waals surface area contributed by atoms with Crippen molar-refractivity contribution in [1.82, 2.24) is 10.3 Å². The number of carbonyl (C=O) groups excluding carboxylic acids is 1. The number of benzene rings is 1. The number of aliphatic hydroxyl groups excluding tert-OH is 1. The number of aliphatic hydroxyl groups is 1. The molecule has 1 amide bonds. The number of hydrogen-bond donors (Lipinski definition) is 3. The van der Waals surface area contributed by atoms with Crippen molar-refractivity contribution < 1.29 is 14.6 Å². The lowest BCUT2D eigenvalue weighted by Gasteiger charge is -2.38. The molecule has 1 heterocycles. The molecular weight excluding hydrogens is 354 g/mol. The zero-order valence-electron chi connectivity index (χ0n) is 16.8. The van der Waals surface area contributed by atoms with Crippen molar-refractivity contribution in [2.45, 2.75) is 51.9 Å². The Morgan fingerprint density at radius 3 is 2.43 bits per heavy atom. The maximum atomic E-state index is 11.4. The van der Waals surface area contributed by atoms with Crippen LogP contribution in [-0.2, 0) is 17.6 Å². The molecule has 1 aromatic heterocycles. The molecule has 2 aromatic rings. The van der Waals surface area contributed by atoms with Gasteiger partial charge in [0.2, 0.25) is 0 Å². The SMILES string of the molecule is CC(C)(C)C(NCCc1ccccn1)[C@@H](O)[C@H](Cc1ccccc1)OC(N)=O. The molecule has 0 fully saturated rings. The van der Waals surface area contributed by atoms with Crippen molar-refractivity contribution in [3.8, 4) is 0 Å². The molecule has 0 bridgehead atoms. The van der Waals surface area contributed by atoms with Gasteiger partial charge in [-0.2, -0.15) is 0 Å². The second-order valence-corrected chi connectivity index (χ2v) is 8.02. The number of hydrogen-bond acceptors (Lipinski definition) is 5. The lowest BCUT2D eigenvalue weighted by atomic mass is 9.80. The zero-order valence-corrected chi connectivity index (χ0v) is 16.8. The smallest absolute Gasteiger partial charge is 0.404 e. The van der Waals surface area contributed by atoms with E-state index in [1.807, 2.05) is 69.3 Å². The summed E-state index contributed by atoms with van der Waals surface area (Å²) in [5, 5.41) is 14.5. The van der Waals surface area contributed by atoms with E-state index < -0.39 is 18.3 Å². The highest BCUT2D eigenvalue weighted by Crippen LogP contribution is 2.25. The Bertz CT molecular complexity index is 717. The normalized spacial score (nSPS) is 14.9. The summed E-state index contributed by atoms with van der Waals surface area (Å²) < 4.78 is 5.29. The van der Waals surface area contributed by atoms with E-state index in [2.05, 4.69) is 10.3 Å². The molecule has 2 rings (SSSR count). The van der Waals surface area contributed by atoms with Crippen molar-refractivity contribution in [3.05, 3.63) is 66.0 Å². The van der Waals surface area contributed by atoms with E-state index in [9.17, 15) is 9.90 Å². The molecule has 1 unspecified atom stereocenters. The minimum Gasteiger partial charge on any atom is -0.443 e. The molecule has 6 nitrogen and oxygen atoms in total. The van der Waals surface area contributed by atoms with Gasteiger partial charge in [0.25, 0.3) is 0 Å². The van der Waals surface area contributed by atoms with Gasteiger partial charge in [0.05, 0.1) is 0 Å². The molecule has 28 heavy (non-hydrogen) atoms. The highest BCUT2D eigenvalue weighted by atomic mass is 16.6. The van der Waals surface area contributed by atoms with E-state index in [0.717, 1.165) is 17.7 Å². The van der Waals surface area contributed by atoms with Crippen LogP contribution in [0.3, 0.4) is 0 Å². The fraction of sp³-hybridized carbons (Fsp3) is 0.455. The molecule has 0 aliphatic heterocycles. The van der Waals surface area contributed by atoms with E-state index in [0.29, 0.717) is 13.0 Å². The Kier molecular flexibility index (Phi) is 7.96. The number of nitrogens with zero attached hydrogens (tertiary/aromatic N) is 1. The van der Waals surface area contributed by atoms with Crippen molar-refractivity contribution in [2.75, 3.05) is 6.54 Å². The van der Waals surface area contributed by atoms with Gasteiger partial charge in [0.15, 0.2) is 0 Å². The van der Waals surface area contributed by atoms with Gasteiger partial charge in [-0.05, 0) is 23.1 Å². The summed E-state index contributed by atoms with van der Waals surface area (Å²) in [5.41, 5.74) is 6.95. The van der Waals surface area contributed by atoms with Gasteiger partial charge in [-0.15, -0.1) is 0 Å². The number of rotatable bonds is 9. The Morgan fingerprint density at radius 1 is 1.18 bits per heavy atom. The van der Waals surface area contributed by atoms with Gasteiger partial charge in [0.1, 0.15) is 12.2 Å². The van der Waals surface area contributed by atoms with E-state index in [1.165, 1.54) is 0 Å². The van der Waals surface area contributed by atoms with Crippen LogP contribution in [0.15, 0.2) is 54.7 Å². The van der Waals surface area contributed by atoms with Crippen molar-refractivity contribution in [3.63, 3.8) is 0 Å². The van der Waals surface area contributed by atoms with Crippen LogP contribution in [0.1, 0.15) is 32.0 Å². The predicted octanol–water partition coefficient (Wildman–Crippen LogP) is 2.70. The third kappa shape index (κ3) is 6.94. The van der Waals surface area contributed by atoms with Gasteiger partial charge in [-0.1, -0.05) is 57.2 Å². The predicted molar refractivity (Wildman–Crippen MR) is 110 cm³/mol. The highest BCUT2D eigenvalue weighted by Gasteiger charge is 2.37. The molecule has 0 saturated carbocycles. The van der Waals surface area contributed by atoms with Crippen molar-refractivity contribution >= 4 is 6.09 Å². The van der Waals surface area contributed by atoms with Crippen molar-refractivity contribution in [2.24, 2.45) is 11.1 Å². The fourth-order valence-electron chi connectivity index (χ4n) is 3.28. The quantitative estimate of drug-likeness (QED) is 0.617. The molecule has 4 N–H and O–H groups in total. The first-order valence-electron chi connectivity index (χ1n) is 9.58. The Morgan fingerprint density at radius 2 is 1.86 bits per heavy atom. The monoisotopic (exact) mass is 385 g/mol. The zero-order chi connectivity index (χ0) is 20.6. The van der Waals surface area contributed by atoms with Gasteiger partial charge in [0, 0.05) is 37.3 Å². The summed E-state index contributed by atoms with van der Waals surface area (Å²) >= 11 is 0. The number of nitrogens with two attached hydrogens (primary N) is 1. The first-order valence-corrected chi connectivity index (χ1v) is 9.58. The molecule has 0 aliphatic rings. The third-order valence-corrected chi connectivity index (χ3v) is 4.67. The van der Waals surface area contributed by atoms with Gasteiger partial charge in [-0.25, -0.2) is 4.79 Å². The minimum atomic E-state index is -0.920. The number of pyridine rings is 1. The maximum Gasteiger partial charge on any atom is 0.404 e. The van der Waals surface area contributed by atoms with Gasteiger partial charge >= 0.3 is 6.09 Å². The maximum absolute atomic E-state index is 11.4. The summed E-state index contributed by atoms with van der Waals surface area (Å²) in [4.78, 5) is 15.8. The van der Waals surface area contributed by atoms with Crippen LogP contribution in [0.5, 0.6) is 0 Å². The first-order chi connectivity index (χ1) is 13.3. The molecular formula is C22H31N3O3. The van der Waals surface area contributed by atoms with Crippen LogP contribution in [0.4, 0.5) is 4.79 Å². The minimum absolute atomic E-state index is 0.264. The highest BCUT2D eigenvalue weighted by molar-refractivity contribution is 5.64. The van der Waals surface area contributed by atoms with Crippen LogP contribution in [0, 0.1) is 5.41 Å². The van der Waals surface area contributed by atoms with Crippen molar-refractivity contribution in [1.29, 1.82) is 0 Å². The van der Waals surface area contributed by atoms with E-state index in [4.69, 9.17) is 10.5 Å². The second kappa shape index (κ2) is 10.2. The van der Waals surface area contributed by atoms with Gasteiger partial charge in [-0.3, -0.25) is 4.98 Å². The van der Waals surface area contributed by atoms with Crippen LogP contribution in [-0.4, -0.2) is 41.0 Å². The molecule has 3 atom stereocenters. The van der Waals surface area contributed by atoms with E-state index in [-0.39, 0.29) is 11.5 Å². The Balaban J connectivity index is 2.10. The molecule has 152 valence electrons. The van der Waals surface area contributed by atoms with Crippen LogP contribution in [0.2, 0.25) is 0 Å². The number of primary amides is 1. The van der Waals surface area contributed by atoms with Gasteiger partial charge < -0.3 is 20.9 Å². The molecule has 1 aromatic carbocycles. The lowest BCUT2D eigenvalue weighted by molar-refractivity contribution is -0.0349. The Hall–Kier alpha value is -2.44. The standard InChI is InChI=1S/C22H31N3O3/c1-22(2,3)20(25-14-12-17-11-7-8-13-24-17)19(26)18(28-21(23)27)15-16-9-5-4-6-10-16/h4-11,13,18-20,25-26H,12,14-15H2,1-3H3,(H2,23,27)/t18-,19-,20?/m0/s1. The molecule has 0 aliphatic carbocycles. The average Bonchev–Trinajstić information content (AvgIpc) is 2.64. The van der Waals surface area contributed by atoms with Crippen LogP contribution >= 0.6 is 0 Å². The number of ether oxygens (including phenoxy) is 1. The average molecular weight is 386 g/mol. The summed E-state index contributed by atoms with van der Waals surface area (Å²) in [6.07, 6.45) is 0.339. The number of nitrogens with one attached hydrogen (secondary N) is 1. The lowest BCUT2D eigenvalue weighted by Crippen LogP contribution is -2.55. The third-order valence-electron chi connectivity index (χ3n) is 4.67. The van der Waals surface area contributed by atoms with E-state index in [1.54, 1.807) is 6.20 Å². The molecule has 0 saturated heterocycles. The van der Waals surface area contributed by atoms with Crippen LogP contribution in [0.25, 0.3) is 0 Å². The number of carbonyl (C=O) groups is 1. The topological polar surface area (TPSA) is 97.5 Å². The molecule has 0 spiro atoms. The number of aromatic nitrogens is 1. The Labute approximate surface area is 167 Å². The molecule has 0 radical (unpaired) electrons.